The van der Waals surface area contributed by atoms with Crippen molar-refractivity contribution in [1.82, 2.24) is 0 Å². The fraction of sp³-hybridized carbons (Fsp3) is 0.625. The van der Waals surface area contributed by atoms with Gasteiger partial charge in [0, 0.05) is 22.2 Å². The van der Waals surface area contributed by atoms with Gasteiger partial charge in [-0.1, -0.05) is 6.58 Å². The molecule has 1 aliphatic rings. The molecule has 0 N–H and O–H groups in total. The molecule has 0 radical (unpaired) electrons. The van der Waals surface area contributed by atoms with E-state index in [4.69, 9.17) is 4.74 Å². The number of thioether (sulfide) groups is 2. The van der Waals surface area contributed by atoms with Gasteiger partial charge in [-0.25, -0.2) is 4.79 Å². The van der Waals surface area contributed by atoms with Gasteiger partial charge >= 0.3 is 5.97 Å². The van der Waals surface area contributed by atoms with E-state index in [1.54, 1.807) is 6.92 Å². The molecule has 68 valence electrons. The van der Waals surface area contributed by atoms with E-state index in [1.165, 1.54) is 0 Å². The SMILES string of the molecule is C=C(C)C(=O)OC1CSCSC1. The highest BCUT2D eigenvalue weighted by Crippen LogP contribution is 2.23. The summed E-state index contributed by atoms with van der Waals surface area (Å²) in [5, 5.41) is 1.11. The van der Waals surface area contributed by atoms with Gasteiger partial charge in [0.05, 0.1) is 0 Å². The Balaban J connectivity index is 2.29. The van der Waals surface area contributed by atoms with Crippen LogP contribution in [0.3, 0.4) is 0 Å². The predicted molar refractivity (Wildman–Crippen MR) is 54.5 cm³/mol. The molecule has 0 aromatic rings. The highest BCUT2D eigenvalue weighted by molar-refractivity contribution is 8.16. The zero-order chi connectivity index (χ0) is 8.97. The Morgan fingerprint density at radius 2 is 2.08 bits per heavy atom. The number of hydrogen-bond donors (Lipinski definition) is 0. The summed E-state index contributed by atoms with van der Waals surface area (Å²) in [5.41, 5.74) is 0.482. The first-order chi connectivity index (χ1) is 5.70. The second-order valence-corrected chi connectivity index (χ2v) is 5.09. The van der Waals surface area contributed by atoms with E-state index >= 15 is 0 Å². The molecule has 0 aliphatic carbocycles. The van der Waals surface area contributed by atoms with E-state index in [9.17, 15) is 4.79 Å². The van der Waals surface area contributed by atoms with Crippen molar-refractivity contribution in [2.45, 2.75) is 13.0 Å². The van der Waals surface area contributed by atoms with Crippen LogP contribution in [0, 0.1) is 0 Å². The molecule has 0 atom stereocenters. The quantitative estimate of drug-likeness (QED) is 0.507. The zero-order valence-electron chi connectivity index (χ0n) is 7.04. The molecule has 0 amide bonds. The first kappa shape index (κ1) is 9.99. The van der Waals surface area contributed by atoms with Crippen LogP contribution in [0.25, 0.3) is 0 Å². The Morgan fingerprint density at radius 1 is 1.50 bits per heavy atom. The lowest BCUT2D eigenvalue weighted by molar-refractivity contribution is -0.142. The molecule has 2 nitrogen and oxygen atoms in total. The fourth-order valence-corrected chi connectivity index (χ4v) is 3.07. The number of carbonyl (C=O) groups excluding carboxylic acids is 1. The number of esters is 1. The van der Waals surface area contributed by atoms with Crippen LogP contribution in [-0.2, 0) is 9.53 Å². The topological polar surface area (TPSA) is 26.3 Å². The van der Waals surface area contributed by atoms with Crippen LogP contribution in [-0.4, -0.2) is 28.7 Å². The maximum absolute atomic E-state index is 11.1. The van der Waals surface area contributed by atoms with Crippen LogP contribution in [0.5, 0.6) is 0 Å². The Morgan fingerprint density at radius 3 is 2.58 bits per heavy atom. The molecule has 1 heterocycles. The minimum absolute atomic E-state index is 0.0814. The molecule has 0 saturated carbocycles. The first-order valence-electron chi connectivity index (χ1n) is 3.72. The molecule has 1 rings (SSSR count). The van der Waals surface area contributed by atoms with Gasteiger partial charge in [0.2, 0.25) is 0 Å². The van der Waals surface area contributed by atoms with Gasteiger partial charge in [-0.3, -0.25) is 0 Å². The molecule has 0 unspecified atom stereocenters. The predicted octanol–water partition coefficient (Wildman–Crippen LogP) is 1.91. The lowest BCUT2D eigenvalue weighted by Crippen LogP contribution is -2.25. The van der Waals surface area contributed by atoms with Crippen molar-refractivity contribution in [3.05, 3.63) is 12.2 Å². The second-order valence-electron chi connectivity index (χ2n) is 2.67. The van der Waals surface area contributed by atoms with Crippen LogP contribution in [0.4, 0.5) is 0 Å². The van der Waals surface area contributed by atoms with Crippen molar-refractivity contribution >= 4 is 29.5 Å². The molecule has 0 aromatic heterocycles. The van der Waals surface area contributed by atoms with Crippen LogP contribution in [0.1, 0.15) is 6.92 Å². The summed E-state index contributed by atoms with van der Waals surface area (Å²) in [5.74, 6) is 1.58. The molecular weight excluding hydrogens is 192 g/mol. The zero-order valence-corrected chi connectivity index (χ0v) is 8.67. The van der Waals surface area contributed by atoms with E-state index in [0.29, 0.717) is 5.57 Å². The summed E-state index contributed by atoms with van der Waals surface area (Å²) in [7, 11) is 0. The van der Waals surface area contributed by atoms with Crippen molar-refractivity contribution in [3.8, 4) is 0 Å². The second kappa shape index (κ2) is 4.82. The third-order valence-electron chi connectivity index (χ3n) is 1.40. The molecule has 0 spiro atoms. The van der Waals surface area contributed by atoms with E-state index in [2.05, 4.69) is 6.58 Å². The highest BCUT2D eigenvalue weighted by Gasteiger charge is 2.18. The minimum Gasteiger partial charge on any atom is -0.457 e. The van der Waals surface area contributed by atoms with Crippen molar-refractivity contribution in [1.29, 1.82) is 0 Å². The Hall–Kier alpha value is -0.0900. The molecular formula is C8H12O2S2. The fourth-order valence-electron chi connectivity index (χ4n) is 0.786. The van der Waals surface area contributed by atoms with Gasteiger partial charge < -0.3 is 4.74 Å². The summed E-state index contributed by atoms with van der Waals surface area (Å²) < 4.78 is 5.17. The van der Waals surface area contributed by atoms with E-state index in [-0.39, 0.29) is 12.1 Å². The molecule has 0 bridgehead atoms. The van der Waals surface area contributed by atoms with E-state index in [0.717, 1.165) is 16.6 Å². The number of carbonyl (C=O) groups is 1. The highest BCUT2D eigenvalue weighted by atomic mass is 32.2. The third kappa shape index (κ3) is 3.11. The van der Waals surface area contributed by atoms with Crippen LogP contribution < -0.4 is 0 Å². The Labute approximate surface area is 81.1 Å². The molecule has 1 saturated heterocycles. The smallest absolute Gasteiger partial charge is 0.333 e. The van der Waals surface area contributed by atoms with Gasteiger partial charge in [0.25, 0.3) is 0 Å². The van der Waals surface area contributed by atoms with Crippen LogP contribution >= 0.6 is 23.5 Å². The van der Waals surface area contributed by atoms with Crippen molar-refractivity contribution in [3.63, 3.8) is 0 Å². The molecule has 1 aliphatic heterocycles. The van der Waals surface area contributed by atoms with Gasteiger partial charge in [-0.15, -0.1) is 23.5 Å². The van der Waals surface area contributed by atoms with E-state index < -0.39 is 0 Å². The third-order valence-corrected chi connectivity index (χ3v) is 3.94. The largest absolute Gasteiger partial charge is 0.457 e. The number of hydrogen-bond acceptors (Lipinski definition) is 4. The lowest BCUT2D eigenvalue weighted by atomic mass is 10.3. The van der Waals surface area contributed by atoms with Crippen LogP contribution in [0.15, 0.2) is 12.2 Å². The van der Waals surface area contributed by atoms with Crippen molar-refractivity contribution in [2.24, 2.45) is 0 Å². The molecule has 1 fully saturated rings. The van der Waals surface area contributed by atoms with Gasteiger partial charge in [-0.2, -0.15) is 0 Å². The summed E-state index contributed by atoms with van der Waals surface area (Å²) >= 11 is 3.63. The average molecular weight is 204 g/mol. The molecule has 0 aromatic carbocycles. The van der Waals surface area contributed by atoms with E-state index in [1.807, 2.05) is 23.5 Å². The average Bonchev–Trinajstić information content (AvgIpc) is 2.06. The monoisotopic (exact) mass is 204 g/mol. The van der Waals surface area contributed by atoms with Gasteiger partial charge in [0.1, 0.15) is 6.10 Å². The summed E-state index contributed by atoms with van der Waals surface area (Å²) in [4.78, 5) is 11.1. The molecule has 12 heavy (non-hydrogen) atoms. The maximum atomic E-state index is 11.1. The lowest BCUT2D eigenvalue weighted by Gasteiger charge is -2.20. The summed E-state index contributed by atoms with van der Waals surface area (Å²) in [6, 6.07) is 0. The normalized spacial score (nSPS) is 18.8. The Kier molecular flexibility index (Phi) is 4.01. The number of rotatable bonds is 2. The summed E-state index contributed by atoms with van der Waals surface area (Å²) in [6.45, 7) is 5.20. The minimum atomic E-state index is -0.261. The van der Waals surface area contributed by atoms with Gasteiger partial charge in [0.15, 0.2) is 0 Å². The maximum Gasteiger partial charge on any atom is 0.333 e. The molecule has 4 heteroatoms. The van der Waals surface area contributed by atoms with Gasteiger partial charge in [-0.05, 0) is 6.92 Å². The van der Waals surface area contributed by atoms with Crippen molar-refractivity contribution in [2.75, 3.05) is 16.6 Å². The first-order valence-corrected chi connectivity index (χ1v) is 6.03. The van der Waals surface area contributed by atoms with Crippen molar-refractivity contribution < 1.29 is 9.53 Å². The summed E-state index contributed by atoms with van der Waals surface area (Å²) in [6.07, 6.45) is 0.0814. The standard InChI is InChI=1S/C8H12O2S2/c1-6(2)8(9)10-7-3-11-5-12-4-7/h7H,1,3-5H2,2H3. The number of ether oxygens (including phenoxy) is 1. The van der Waals surface area contributed by atoms with Crippen LogP contribution in [0.2, 0.25) is 0 Å². The Bertz CT molecular complexity index is 185.